The van der Waals surface area contributed by atoms with Crippen LogP contribution in [-0.2, 0) is 22.9 Å². The standard InChI is InChI=1S/C21H19N3O4S/c1-28-18-3-6-19(7-4-18)29(26,27)20-5-2-16-14-24(23-12-17(16)11-20)13-15-8-9-22-21(25)10-15/h2-12H,13-14H2,1H3,(H,22,25). The predicted molar refractivity (Wildman–Crippen MR) is 108 cm³/mol. The fraction of sp³-hybridized carbons (Fsp3) is 0.143. The second-order valence-electron chi connectivity index (χ2n) is 6.63. The monoisotopic (exact) mass is 409 g/mol. The molecule has 0 bridgehead atoms. The Morgan fingerprint density at radius 1 is 1.07 bits per heavy atom. The number of aromatic nitrogens is 1. The van der Waals surface area contributed by atoms with Gasteiger partial charge in [0, 0.05) is 17.8 Å². The molecule has 1 N–H and O–H groups in total. The quantitative estimate of drug-likeness (QED) is 0.697. The summed E-state index contributed by atoms with van der Waals surface area (Å²) in [5.74, 6) is 0.571. The summed E-state index contributed by atoms with van der Waals surface area (Å²) in [5, 5.41) is 15.7. The van der Waals surface area contributed by atoms with Gasteiger partial charge in [0.15, 0.2) is 0 Å². The highest BCUT2D eigenvalue weighted by Crippen LogP contribution is 2.26. The maximum atomic E-state index is 12.9. The molecule has 8 heteroatoms. The van der Waals surface area contributed by atoms with Gasteiger partial charge < -0.3 is 9.84 Å². The van der Waals surface area contributed by atoms with Gasteiger partial charge in [-0.2, -0.15) is 5.10 Å². The summed E-state index contributed by atoms with van der Waals surface area (Å²) >= 11 is 0. The SMILES string of the molecule is COc1ccc(S(=O)(=O)c2ccc3c(c2)C=NN(Cc2ccnc(O)c2)C3)cc1. The van der Waals surface area contributed by atoms with E-state index in [1.807, 2.05) is 17.1 Å². The lowest BCUT2D eigenvalue weighted by molar-refractivity contribution is 0.267. The van der Waals surface area contributed by atoms with Crippen LogP contribution in [0.1, 0.15) is 16.7 Å². The third-order valence-electron chi connectivity index (χ3n) is 4.69. The minimum atomic E-state index is -3.63. The van der Waals surface area contributed by atoms with Crippen LogP contribution < -0.4 is 4.74 Å². The highest BCUT2D eigenvalue weighted by atomic mass is 32.2. The van der Waals surface area contributed by atoms with Crippen LogP contribution in [0.15, 0.2) is 75.7 Å². The number of fused-ring (bicyclic) bond motifs is 1. The fourth-order valence-electron chi connectivity index (χ4n) is 3.14. The molecule has 148 valence electrons. The highest BCUT2D eigenvalue weighted by Gasteiger charge is 2.21. The van der Waals surface area contributed by atoms with Crippen LogP contribution in [0.25, 0.3) is 0 Å². The molecule has 0 spiro atoms. The number of hydrogen-bond acceptors (Lipinski definition) is 7. The zero-order chi connectivity index (χ0) is 20.4. The first-order valence-electron chi connectivity index (χ1n) is 8.90. The average Bonchev–Trinajstić information content (AvgIpc) is 2.73. The Bertz CT molecular complexity index is 1170. The maximum Gasteiger partial charge on any atom is 0.211 e. The number of benzene rings is 2. The summed E-state index contributed by atoms with van der Waals surface area (Å²) in [7, 11) is -2.10. The molecule has 0 aliphatic carbocycles. The molecule has 2 heterocycles. The van der Waals surface area contributed by atoms with E-state index in [9.17, 15) is 13.5 Å². The van der Waals surface area contributed by atoms with Crippen LogP contribution in [-0.4, -0.2) is 36.8 Å². The molecule has 4 rings (SSSR count). The van der Waals surface area contributed by atoms with E-state index in [2.05, 4.69) is 10.1 Å². The first-order valence-corrected chi connectivity index (χ1v) is 10.4. The largest absolute Gasteiger partial charge is 0.497 e. The van der Waals surface area contributed by atoms with Crippen LogP contribution in [0.4, 0.5) is 0 Å². The van der Waals surface area contributed by atoms with Crippen LogP contribution in [0.2, 0.25) is 0 Å². The van der Waals surface area contributed by atoms with Crippen molar-refractivity contribution in [3.63, 3.8) is 0 Å². The Morgan fingerprint density at radius 3 is 2.55 bits per heavy atom. The Morgan fingerprint density at radius 2 is 1.83 bits per heavy atom. The zero-order valence-corrected chi connectivity index (χ0v) is 16.5. The van der Waals surface area contributed by atoms with Gasteiger partial charge >= 0.3 is 0 Å². The molecule has 3 aromatic rings. The second-order valence-corrected chi connectivity index (χ2v) is 8.58. The van der Waals surface area contributed by atoms with Gasteiger partial charge in [0.25, 0.3) is 0 Å². The smallest absolute Gasteiger partial charge is 0.211 e. The van der Waals surface area contributed by atoms with Gasteiger partial charge in [-0.05, 0) is 53.6 Å². The lowest BCUT2D eigenvalue weighted by atomic mass is 10.1. The molecule has 0 amide bonds. The number of ether oxygens (including phenoxy) is 1. The summed E-state index contributed by atoms with van der Waals surface area (Å²) in [6.45, 7) is 1.05. The predicted octanol–water partition coefficient (Wildman–Crippen LogP) is 2.98. The van der Waals surface area contributed by atoms with Gasteiger partial charge in [-0.3, -0.25) is 5.01 Å². The molecule has 1 aromatic heterocycles. The van der Waals surface area contributed by atoms with Gasteiger partial charge in [-0.1, -0.05) is 6.07 Å². The molecule has 1 aliphatic heterocycles. The lowest BCUT2D eigenvalue weighted by Crippen LogP contribution is -2.21. The van der Waals surface area contributed by atoms with E-state index in [1.54, 1.807) is 42.7 Å². The van der Waals surface area contributed by atoms with Crippen LogP contribution in [0.5, 0.6) is 11.6 Å². The summed E-state index contributed by atoms with van der Waals surface area (Å²) in [6, 6.07) is 14.8. The van der Waals surface area contributed by atoms with Crippen molar-refractivity contribution in [3.8, 4) is 11.6 Å². The van der Waals surface area contributed by atoms with E-state index < -0.39 is 9.84 Å². The number of hydrogen-bond donors (Lipinski definition) is 1. The topological polar surface area (TPSA) is 92.1 Å². The van der Waals surface area contributed by atoms with E-state index in [0.29, 0.717) is 18.8 Å². The number of sulfone groups is 1. The number of hydrazone groups is 1. The molecule has 0 atom stereocenters. The van der Waals surface area contributed by atoms with E-state index in [-0.39, 0.29) is 15.7 Å². The van der Waals surface area contributed by atoms with Gasteiger partial charge in [-0.25, -0.2) is 13.4 Å². The minimum Gasteiger partial charge on any atom is -0.497 e. The van der Waals surface area contributed by atoms with Crippen molar-refractivity contribution in [2.75, 3.05) is 7.11 Å². The average molecular weight is 409 g/mol. The van der Waals surface area contributed by atoms with E-state index in [4.69, 9.17) is 4.74 Å². The molecule has 7 nitrogen and oxygen atoms in total. The summed E-state index contributed by atoms with van der Waals surface area (Å²) in [5.41, 5.74) is 2.64. The third-order valence-corrected chi connectivity index (χ3v) is 6.45. The van der Waals surface area contributed by atoms with E-state index >= 15 is 0 Å². The maximum absolute atomic E-state index is 12.9. The Kier molecular flexibility index (Phi) is 4.94. The van der Waals surface area contributed by atoms with Gasteiger partial charge in [0.1, 0.15) is 5.75 Å². The Labute approximate surface area is 168 Å². The van der Waals surface area contributed by atoms with Crippen LogP contribution in [0.3, 0.4) is 0 Å². The number of nitrogens with zero attached hydrogens (tertiary/aromatic N) is 3. The number of rotatable bonds is 5. The molecule has 29 heavy (non-hydrogen) atoms. The van der Waals surface area contributed by atoms with Crippen molar-refractivity contribution in [1.29, 1.82) is 0 Å². The van der Waals surface area contributed by atoms with Crippen molar-refractivity contribution in [2.24, 2.45) is 5.10 Å². The first kappa shape index (κ1) is 18.9. The van der Waals surface area contributed by atoms with E-state index in [1.165, 1.54) is 19.2 Å². The second kappa shape index (κ2) is 7.56. The molecular formula is C21H19N3O4S. The summed E-state index contributed by atoms with van der Waals surface area (Å²) < 4.78 is 30.9. The Balaban J connectivity index is 1.56. The van der Waals surface area contributed by atoms with Crippen molar-refractivity contribution in [3.05, 3.63) is 77.5 Å². The highest BCUT2D eigenvalue weighted by molar-refractivity contribution is 7.91. The van der Waals surface area contributed by atoms with E-state index in [0.717, 1.165) is 16.7 Å². The Hall–Kier alpha value is -3.39. The van der Waals surface area contributed by atoms with Gasteiger partial charge in [0.05, 0.1) is 36.2 Å². The first-order chi connectivity index (χ1) is 14.0. The van der Waals surface area contributed by atoms with Gasteiger partial charge in [0.2, 0.25) is 15.7 Å². The van der Waals surface area contributed by atoms with Gasteiger partial charge in [-0.15, -0.1) is 0 Å². The number of aromatic hydroxyl groups is 1. The molecule has 0 saturated carbocycles. The zero-order valence-electron chi connectivity index (χ0n) is 15.7. The van der Waals surface area contributed by atoms with Crippen molar-refractivity contribution in [2.45, 2.75) is 22.9 Å². The van der Waals surface area contributed by atoms with Crippen LogP contribution in [0, 0.1) is 0 Å². The minimum absolute atomic E-state index is 0.0303. The fourth-order valence-corrected chi connectivity index (χ4v) is 4.44. The normalized spacial score (nSPS) is 13.2. The molecule has 0 saturated heterocycles. The summed E-state index contributed by atoms with van der Waals surface area (Å²) in [4.78, 5) is 4.21. The molecule has 1 aliphatic rings. The van der Waals surface area contributed by atoms with Crippen molar-refractivity contribution in [1.82, 2.24) is 9.99 Å². The number of methoxy groups -OCH3 is 1. The number of pyridine rings is 1. The van der Waals surface area contributed by atoms with Crippen LogP contribution >= 0.6 is 0 Å². The third kappa shape index (κ3) is 3.93. The molecule has 0 radical (unpaired) electrons. The molecule has 0 fully saturated rings. The molecular weight excluding hydrogens is 390 g/mol. The molecule has 2 aromatic carbocycles. The van der Waals surface area contributed by atoms with Crippen molar-refractivity contribution >= 4 is 16.1 Å². The lowest BCUT2D eigenvalue weighted by Gasteiger charge is -2.24. The summed E-state index contributed by atoms with van der Waals surface area (Å²) in [6.07, 6.45) is 3.20. The van der Waals surface area contributed by atoms with Crippen molar-refractivity contribution < 1.29 is 18.3 Å². The molecule has 0 unspecified atom stereocenters.